The van der Waals surface area contributed by atoms with Gasteiger partial charge in [-0.05, 0) is 23.5 Å². The maximum absolute atomic E-state index is 16.1. The molecule has 0 heterocycles. The maximum Gasteiger partial charge on any atom is 0.151 e. The van der Waals surface area contributed by atoms with E-state index in [1.807, 2.05) is 127 Å². The average Bonchev–Trinajstić information content (AvgIpc) is 3.01. The van der Waals surface area contributed by atoms with E-state index in [0.717, 1.165) is 33.2 Å². The van der Waals surface area contributed by atoms with Gasteiger partial charge in [-0.2, -0.15) is 0 Å². The van der Waals surface area contributed by atoms with E-state index in [2.05, 4.69) is 25.1 Å². The van der Waals surface area contributed by atoms with Gasteiger partial charge >= 0.3 is 0 Å². The molecule has 194 valence electrons. The van der Waals surface area contributed by atoms with Crippen LogP contribution in [0.4, 0.5) is 0 Å². The topological polar surface area (TPSA) is 34.1 Å². The Morgan fingerprint density at radius 1 is 0.487 bits per heavy atom. The summed E-state index contributed by atoms with van der Waals surface area (Å²) < 4.78 is 32.1. The average molecular weight is 547 g/mol. The number of hydrogen-bond donors (Lipinski definition) is 0. The van der Waals surface area contributed by atoms with Gasteiger partial charge in [-0.15, -0.1) is 0 Å². The molecule has 0 bridgehead atoms. The molecule has 5 aromatic rings. The predicted molar refractivity (Wildman–Crippen MR) is 165 cm³/mol. The Labute approximate surface area is 231 Å². The second kappa shape index (κ2) is 10.6. The minimum atomic E-state index is -3.33. The fourth-order valence-electron chi connectivity index (χ4n) is 6.50. The van der Waals surface area contributed by atoms with Crippen molar-refractivity contribution < 1.29 is 9.13 Å². The summed E-state index contributed by atoms with van der Waals surface area (Å²) in [5, 5.41) is 3.26. The van der Waals surface area contributed by atoms with Crippen molar-refractivity contribution in [2.45, 2.75) is 24.7 Å². The Kier molecular flexibility index (Phi) is 7.03. The summed E-state index contributed by atoms with van der Waals surface area (Å²) in [6.45, 7) is 2.20. The van der Waals surface area contributed by atoms with E-state index >= 15 is 9.13 Å². The van der Waals surface area contributed by atoms with Crippen LogP contribution in [0.1, 0.15) is 23.7 Å². The highest BCUT2D eigenvalue weighted by molar-refractivity contribution is 7.83. The highest BCUT2D eigenvalue weighted by Gasteiger charge is 2.54. The molecule has 39 heavy (non-hydrogen) atoms. The van der Waals surface area contributed by atoms with Crippen molar-refractivity contribution in [3.05, 3.63) is 157 Å². The Bertz CT molecular complexity index is 1560. The van der Waals surface area contributed by atoms with Crippen molar-refractivity contribution in [3.63, 3.8) is 0 Å². The first-order valence-electron chi connectivity index (χ1n) is 13.5. The molecule has 3 unspecified atom stereocenters. The lowest BCUT2D eigenvalue weighted by atomic mass is 9.84. The van der Waals surface area contributed by atoms with Crippen molar-refractivity contribution in [1.82, 2.24) is 0 Å². The highest BCUT2D eigenvalue weighted by atomic mass is 31.2. The molecule has 1 aliphatic rings. The fourth-order valence-corrected chi connectivity index (χ4v) is 14.8. The van der Waals surface area contributed by atoms with Crippen LogP contribution in [0.5, 0.6) is 0 Å². The Hall–Kier alpha value is -3.44. The van der Waals surface area contributed by atoms with Crippen molar-refractivity contribution >= 4 is 35.5 Å². The molecule has 1 aliphatic carbocycles. The standard InChI is InChI=1S/C35H32O2P2/c1-27-26-28-16-14-15-25-33(28)35(39(37,31-21-10-4-11-22-31)32-23-12-5-13-24-32)34(27)38(36,29-17-6-2-7-18-29)30-19-8-3-9-20-30/h2-25,27,34-35H,26H2,1H3. The Morgan fingerprint density at radius 3 is 1.28 bits per heavy atom. The number of fused-ring (bicyclic) bond motifs is 1. The molecule has 0 N–H and O–H groups in total. The zero-order valence-electron chi connectivity index (χ0n) is 22.0. The molecule has 0 amide bonds. The number of benzene rings is 5. The van der Waals surface area contributed by atoms with Gasteiger partial charge in [-0.25, -0.2) is 0 Å². The van der Waals surface area contributed by atoms with Crippen molar-refractivity contribution in [2.24, 2.45) is 5.92 Å². The van der Waals surface area contributed by atoms with Gasteiger partial charge in [0.05, 0.1) is 5.66 Å². The van der Waals surface area contributed by atoms with Gasteiger partial charge in [0.1, 0.15) is 7.14 Å². The molecule has 0 fully saturated rings. The van der Waals surface area contributed by atoms with Crippen LogP contribution in [0.3, 0.4) is 0 Å². The molecular weight excluding hydrogens is 514 g/mol. The first kappa shape index (κ1) is 25.8. The van der Waals surface area contributed by atoms with E-state index in [1.54, 1.807) is 0 Å². The summed E-state index contributed by atoms with van der Waals surface area (Å²) in [6, 6.07) is 47.9. The summed E-state index contributed by atoms with van der Waals surface area (Å²) in [5.41, 5.74) is 1.45. The zero-order valence-corrected chi connectivity index (χ0v) is 23.8. The fraction of sp³-hybridized carbons (Fsp3) is 0.143. The third kappa shape index (κ3) is 4.37. The molecule has 0 saturated heterocycles. The van der Waals surface area contributed by atoms with Crippen molar-refractivity contribution in [1.29, 1.82) is 0 Å². The van der Waals surface area contributed by atoms with Crippen LogP contribution in [0, 0.1) is 5.92 Å². The van der Waals surface area contributed by atoms with E-state index in [1.165, 1.54) is 5.56 Å². The van der Waals surface area contributed by atoms with E-state index in [4.69, 9.17) is 0 Å². The lowest BCUT2D eigenvalue weighted by Gasteiger charge is -2.46. The van der Waals surface area contributed by atoms with Crippen molar-refractivity contribution in [3.8, 4) is 0 Å². The molecule has 0 radical (unpaired) electrons. The third-order valence-electron chi connectivity index (χ3n) is 8.19. The molecule has 0 spiro atoms. The number of hydrogen-bond acceptors (Lipinski definition) is 2. The summed E-state index contributed by atoms with van der Waals surface area (Å²) in [7, 11) is -6.61. The van der Waals surface area contributed by atoms with E-state index in [-0.39, 0.29) is 11.6 Å². The van der Waals surface area contributed by atoms with E-state index in [0.29, 0.717) is 0 Å². The van der Waals surface area contributed by atoms with Crippen LogP contribution in [-0.2, 0) is 15.6 Å². The van der Waals surface area contributed by atoms with Gasteiger partial charge in [0.2, 0.25) is 0 Å². The van der Waals surface area contributed by atoms with Gasteiger partial charge in [-0.3, -0.25) is 0 Å². The molecule has 2 nitrogen and oxygen atoms in total. The minimum Gasteiger partial charge on any atom is -0.313 e. The first-order valence-corrected chi connectivity index (χ1v) is 17.1. The Morgan fingerprint density at radius 2 is 0.846 bits per heavy atom. The normalized spacial score (nSPS) is 19.3. The van der Waals surface area contributed by atoms with Crippen molar-refractivity contribution in [2.75, 3.05) is 0 Å². The van der Waals surface area contributed by atoms with Crippen LogP contribution >= 0.6 is 14.3 Å². The lowest BCUT2D eigenvalue weighted by Crippen LogP contribution is -2.41. The van der Waals surface area contributed by atoms with Gasteiger partial charge in [0.15, 0.2) is 7.14 Å². The third-order valence-corrected chi connectivity index (χ3v) is 15.7. The number of rotatable bonds is 6. The van der Waals surface area contributed by atoms with Gasteiger partial charge in [-0.1, -0.05) is 153 Å². The molecule has 3 atom stereocenters. The zero-order chi connectivity index (χ0) is 26.9. The molecule has 4 heteroatoms. The molecule has 6 rings (SSSR count). The van der Waals surface area contributed by atoms with Crippen LogP contribution < -0.4 is 21.2 Å². The molecule has 0 aliphatic heterocycles. The van der Waals surface area contributed by atoms with Crippen LogP contribution in [-0.4, -0.2) is 5.66 Å². The molecule has 0 aromatic heterocycles. The molecule has 5 aromatic carbocycles. The lowest BCUT2D eigenvalue weighted by molar-refractivity contribution is 0.467. The largest absolute Gasteiger partial charge is 0.313 e. The summed E-state index contributed by atoms with van der Waals surface area (Å²) in [4.78, 5) is 0. The predicted octanol–water partition coefficient (Wildman–Crippen LogP) is 7.32. The highest BCUT2D eigenvalue weighted by Crippen LogP contribution is 2.70. The molecule has 0 saturated carbocycles. The molecular formula is C35H32O2P2. The minimum absolute atomic E-state index is 0.0388. The maximum atomic E-state index is 16.1. The van der Waals surface area contributed by atoms with Crippen LogP contribution in [0.25, 0.3) is 0 Å². The van der Waals surface area contributed by atoms with Gasteiger partial charge in [0, 0.05) is 26.9 Å². The monoisotopic (exact) mass is 546 g/mol. The second-order valence-corrected chi connectivity index (χ2v) is 16.3. The smallest absolute Gasteiger partial charge is 0.151 e. The van der Waals surface area contributed by atoms with Crippen LogP contribution in [0.15, 0.2) is 146 Å². The summed E-state index contributed by atoms with van der Waals surface area (Å²) in [5.74, 6) is 0.0388. The SMILES string of the molecule is CC1Cc2ccccc2C(P(=O)(c2ccccc2)c2ccccc2)C1P(=O)(c1ccccc1)c1ccccc1. The van der Waals surface area contributed by atoms with Gasteiger partial charge in [0.25, 0.3) is 0 Å². The quantitative estimate of drug-likeness (QED) is 0.209. The van der Waals surface area contributed by atoms with E-state index < -0.39 is 19.9 Å². The summed E-state index contributed by atoms with van der Waals surface area (Å²) in [6.07, 6.45) is 0.796. The first-order chi connectivity index (χ1) is 19.0. The van der Waals surface area contributed by atoms with E-state index in [9.17, 15) is 0 Å². The Balaban J connectivity index is 1.72. The summed E-state index contributed by atoms with van der Waals surface area (Å²) >= 11 is 0. The van der Waals surface area contributed by atoms with Gasteiger partial charge < -0.3 is 9.13 Å². The second-order valence-electron chi connectivity index (χ2n) is 10.5. The van der Waals surface area contributed by atoms with Crippen LogP contribution in [0.2, 0.25) is 0 Å².